The van der Waals surface area contributed by atoms with Crippen molar-refractivity contribution < 1.29 is 4.74 Å². The van der Waals surface area contributed by atoms with Gasteiger partial charge in [-0.05, 0) is 48.7 Å². The highest BCUT2D eigenvalue weighted by atomic mass is 35.5. The Balaban J connectivity index is 2.12. The first kappa shape index (κ1) is 13.9. The first-order valence-electron chi connectivity index (χ1n) is 6.36. The van der Waals surface area contributed by atoms with Gasteiger partial charge in [0, 0.05) is 5.02 Å². The summed E-state index contributed by atoms with van der Waals surface area (Å²) >= 11 is 5.98. The van der Waals surface area contributed by atoms with Crippen LogP contribution in [0.25, 0.3) is 0 Å². The standard InChI is InChI=1S/C16H18ClNO/c1-12-6-7-15(17)10-16(12)19-11-14-5-3-2-4-13(14)8-9-18/h2-7,10H,8-9,11,18H2,1H3. The number of aryl methyl sites for hydroxylation is 1. The molecule has 0 saturated heterocycles. The zero-order valence-electron chi connectivity index (χ0n) is 11.0. The molecule has 19 heavy (non-hydrogen) atoms. The second-order valence-corrected chi connectivity index (χ2v) is 4.94. The van der Waals surface area contributed by atoms with Gasteiger partial charge in [0.1, 0.15) is 12.4 Å². The third kappa shape index (κ3) is 3.72. The number of benzene rings is 2. The summed E-state index contributed by atoms with van der Waals surface area (Å²) in [7, 11) is 0. The largest absolute Gasteiger partial charge is 0.489 e. The Labute approximate surface area is 119 Å². The molecule has 0 aliphatic rings. The van der Waals surface area contributed by atoms with E-state index >= 15 is 0 Å². The molecule has 0 spiro atoms. The van der Waals surface area contributed by atoms with Crippen LogP contribution in [-0.4, -0.2) is 6.54 Å². The van der Waals surface area contributed by atoms with Crippen LogP contribution >= 0.6 is 11.6 Å². The summed E-state index contributed by atoms with van der Waals surface area (Å²) in [6.45, 7) is 3.20. The summed E-state index contributed by atoms with van der Waals surface area (Å²) < 4.78 is 5.87. The number of hydrogen-bond acceptors (Lipinski definition) is 2. The predicted molar refractivity (Wildman–Crippen MR) is 79.7 cm³/mol. The zero-order chi connectivity index (χ0) is 13.7. The van der Waals surface area contributed by atoms with Crippen LogP contribution < -0.4 is 10.5 Å². The fraction of sp³-hybridized carbons (Fsp3) is 0.250. The minimum Gasteiger partial charge on any atom is -0.489 e. The van der Waals surface area contributed by atoms with Gasteiger partial charge in [-0.1, -0.05) is 41.9 Å². The van der Waals surface area contributed by atoms with Gasteiger partial charge in [0.15, 0.2) is 0 Å². The van der Waals surface area contributed by atoms with Gasteiger partial charge in [-0.2, -0.15) is 0 Å². The Morgan fingerprint density at radius 2 is 1.84 bits per heavy atom. The van der Waals surface area contributed by atoms with Crippen LogP contribution in [0.3, 0.4) is 0 Å². The lowest BCUT2D eigenvalue weighted by Gasteiger charge is -2.12. The van der Waals surface area contributed by atoms with Gasteiger partial charge in [-0.15, -0.1) is 0 Å². The highest BCUT2D eigenvalue weighted by molar-refractivity contribution is 6.30. The van der Waals surface area contributed by atoms with E-state index < -0.39 is 0 Å². The van der Waals surface area contributed by atoms with Crippen molar-refractivity contribution >= 4 is 11.6 Å². The van der Waals surface area contributed by atoms with E-state index in [1.165, 1.54) is 11.1 Å². The molecule has 0 radical (unpaired) electrons. The Kier molecular flexibility index (Phi) is 4.83. The molecule has 0 aromatic heterocycles. The molecular formula is C16H18ClNO. The van der Waals surface area contributed by atoms with E-state index in [4.69, 9.17) is 22.1 Å². The van der Waals surface area contributed by atoms with Gasteiger partial charge in [0.2, 0.25) is 0 Å². The van der Waals surface area contributed by atoms with E-state index in [2.05, 4.69) is 12.1 Å². The Hall–Kier alpha value is -1.51. The van der Waals surface area contributed by atoms with Crippen molar-refractivity contribution in [1.82, 2.24) is 0 Å². The van der Waals surface area contributed by atoms with Crippen molar-refractivity contribution in [2.24, 2.45) is 5.73 Å². The summed E-state index contributed by atoms with van der Waals surface area (Å²) in [6.07, 6.45) is 0.869. The predicted octanol–water partition coefficient (Wildman–Crippen LogP) is 3.73. The maximum absolute atomic E-state index is 5.98. The quantitative estimate of drug-likeness (QED) is 0.902. The molecule has 2 rings (SSSR count). The zero-order valence-corrected chi connectivity index (χ0v) is 11.8. The van der Waals surface area contributed by atoms with E-state index in [0.29, 0.717) is 18.2 Å². The van der Waals surface area contributed by atoms with Gasteiger partial charge in [0.25, 0.3) is 0 Å². The molecule has 2 N–H and O–H groups in total. The molecule has 100 valence electrons. The molecule has 0 fully saturated rings. The molecular weight excluding hydrogens is 258 g/mol. The second kappa shape index (κ2) is 6.60. The molecule has 2 aromatic carbocycles. The lowest BCUT2D eigenvalue weighted by molar-refractivity contribution is 0.303. The lowest BCUT2D eigenvalue weighted by atomic mass is 10.1. The SMILES string of the molecule is Cc1ccc(Cl)cc1OCc1ccccc1CCN. The van der Waals surface area contributed by atoms with Crippen molar-refractivity contribution in [3.63, 3.8) is 0 Å². The summed E-state index contributed by atoms with van der Waals surface area (Å²) in [5.41, 5.74) is 9.12. The molecule has 0 aliphatic carbocycles. The number of nitrogens with two attached hydrogens (primary N) is 1. The van der Waals surface area contributed by atoms with Gasteiger partial charge >= 0.3 is 0 Å². The second-order valence-electron chi connectivity index (χ2n) is 4.51. The first-order chi connectivity index (χ1) is 9.20. The van der Waals surface area contributed by atoms with E-state index in [1.807, 2.05) is 37.3 Å². The number of ether oxygens (including phenoxy) is 1. The topological polar surface area (TPSA) is 35.2 Å². The van der Waals surface area contributed by atoms with Gasteiger partial charge in [0.05, 0.1) is 0 Å². The van der Waals surface area contributed by atoms with E-state index in [1.54, 1.807) is 0 Å². The number of hydrogen-bond donors (Lipinski definition) is 1. The van der Waals surface area contributed by atoms with Crippen LogP contribution in [0, 0.1) is 6.92 Å². The van der Waals surface area contributed by atoms with Gasteiger partial charge in [-0.25, -0.2) is 0 Å². The average molecular weight is 276 g/mol. The van der Waals surface area contributed by atoms with Crippen molar-refractivity contribution in [1.29, 1.82) is 0 Å². The summed E-state index contributed by atoms with van der Waals surface area (Å²) in [5.74, 6) is 0.829. The van der Waals surface area contributed by atoms with Crippen molar-refractivity contribution in [3.8, 4) is 5.75 Å². The molecule has 0 bridgehead atoms. The monoisotopic (exact) mass is 275 g/mol. The summed E-state index contributed by atoms with van der Waals surface area (Å²) in [4.78, 5) is 0. The highest BCUT2D eigenvalue weighted by Crippen LogP contribution is 2.24. The Morgan fingerprint density at radius 3 is 2.58 bits per heavy atom. The number of halogens is 1. The fourth-order valence-electron chi connectivity index (χ4n) is 1.98. The first-order valence-corrected chi connectivity index (χ1v) is 6.74. The molecule has 0 heterocycles. The van der Waals surface area contributed by atoms with Crippen LogP contribution in [-0.2, 0) is 13.0 Å². The minimum absolute atomic E-state index is 0.539. The third-order valence-electron chi connectivity index (χ3n) is 3.07. The minimum atomic E-state index is 0.539. The summed E-state index contributed by atoms with van der Waals surface area (Å²) in [6, 6.07) is 13.9. The Bertz CT molecular complexity index is 554. The molecule has 0 amide bonds. The molecule has 0 saturated carbocycles. The van der Waals surface area contributed by atoms with Crippen LogP contribution in [0.1, 0.15) is 16.7 Å². The normalized spacial score (nSPS) is 10.5. The Morgan fingerprint density at radius 1 is 1.11 bits per heavy atom. The molecule has 0 aliphatic heterocycles. The summed E-state index contributed by atoms with van der Waals surface area (Å²) in [5, 5.41) is 0.691. The van der Waals surface area contributed by atoms with E-state index in [0.717, 1.165) is 17.7 Å². The fourth-order valence-corrected chi connectivity index (χ4v) is 2.14. The molecule has 3 heteroatoms. The van der Waals surface area contributed by atoms with Gasteiger partial charge < -0.3 is 10.5 Å². The lowest BCUT2D eigenvalue weighted by Crippen LogP contribution is -2.07. The molecule has 2 aromatic rings. The van der Waals surface area contributed by atoms with Crippen molar-refractivity contribution in [3.05, 3.63) is 64.2 Å². The van der Waals surface area contributed by atoms with Crippen LogP contribution in [0.15, 0.2) is 42.5 Å². The third-order valence-corrected chi connectivity index (χ3v) is 3.30. The number of rotatable bonds is 5. The van der Waals surface area contributed by atoms with Gasteiger partial charge in [-0.3, -0.25) is 0 Å². The smallest absolute Gasteiger partial charge is 0.124 e. The van der Waals surface area contributed by atoms with Crippen molar-refractivity contribution in [2.45, 2.75) is 20.0 Å². The van der Waals surface area contributed by atoms with E-state index in [9.17, 15) is 0 Å². The average Bonchev–Trinajstić information content (AvgIpc) is 2.42. The van der Waals surface area contributed by atoms with Crippen LogP contribution in [0.5, 0.6) is 5.75 Å². The maximum Gasteiger partial charge on any atom is 0.124 e. The molecule has 0 atom stereocenters. The van der Waals surface area contributed by atoms with Crippen LogP contribution in [0.2, 0.25) is 5.02 Å². The maximum atomic E-state index is 5.98. The van der Waals surface area contributed by atoms with Crippen LogP contribution in [0.4, 0.5) is 0 Å². The van der Waals surface area contributed by atoms with Crippen molar-refractivity contribution in [2.75, 3.05) is 6.54 Å². The van der Waals surface area contributed by atoms with E-state index in [-0.39, 0.29) is 0 Å². The molecule has 0 unspecified atom stereocenters. The molecule has 2 nitrogen and oxygen atoms in total. The highest BCUT2D eigenvalue weighted by Gasteiger charge is 2.04.